The van der Waals surface area contributed by atoms with E-state index in [1.165, 1.54) is 5.56 Å². The Labute approximate surface area is 127 Å². The third-order valence-corrected chi connectivity index (χ3v) is 4.26. The summed E-state index contributed by atoms with van der Waals surface area (Å²) >= 11 is 0. The summed E-state index contributed by atoms with van der Waals surface area (Å²) < 4.78 is 0. The maximum atomic E-state index is 12.0. The predicted octanol–water partition coefficient (Wildman–Crippen LogP) is 1.78. The molecule has 0 aromatic heterocycles. The fourth-order valence-corrected chi connectivity index (χ4v) is 2.92. The molecule has 0 spiro atoms. The Hall–Kier alpha value is -1.39. The van der Waals surface area contributed by atoms with Gasteiger partial charge in [-0.2, -0.15) is 0 Å². The van der Waals surface area contributed by atoms with Gasteiger partial charge in [0.15, 0.2) is 0 Å². The number of carbonyl (C=O) groups is 1. The van der Waals surface area contributed by atoms with Crippen molar-refractivity contribution >= 4 is 5.91 Å². The van der Waals surface area contributed by atoms with Crippen LogP contribution in [0.1, 0.15) is 32.3 Å². The number of hydrogen-bond donors (Lipinski definition) is 2. The summed E-state index contributed by atoms with van der Waals surface area (Å²) in [4.78, 5) is 13.9. The summed E-state index contributed by atoms with van der Waals surface area (Å²) in [6, 6.07) is 10.5. The fraction of sp³-hybridized carbons (Fsp3) is 0.588. The molecule has 1 aliphatic heterocycles. The number of nitrogens with one attached hydrogen (secondary N) is 1. The Kier molecular flexibility index (Phi) is 5.76. The average molecular weight is 290 g/mol. The van der Waals surface area contributed by atoms with E-state index >= 15 is 0 Å². The van der Waals surface area contributed by atoms with Crippen molar-refractivity contribution in [3.8, 4) is 0 Å². The molecule has 3 unspecified atom stereocenters. The van der Waals surface area contributed by atoms with E-state index in [9.17, 15) is 9.90 Å². The summed E-state index contributed by atoms with van der Waals surface area (Å²) in [5, 5.41) is 13.4. The smallest absolute Gasteiger partial charge is 0.222 e. The van der Waals surface area contributed by atoms with E-state index in [2.05, 4.69) is 17.4 Å². The number of hydrogen-bond acceptors (Lipinski definition) is 3. The molecule has 1 amide bonds. The maximum absolute atomic E-state index is 12.0. The van der Waals surface area contributed by atoms with Crippen molar-refractivity contribution in [2.75, 3.05) is 13.1 Å². The van der Waals surface area contributed by atoms with Crippen LogP contribution in [0.5, 0.6) is 0 Å². The lowest BCUT2D eigenvalue weighted by molar-refractivity contribution is -0.134. The molecule has 4 heteroatoms. The highest BCUT2D eigenvalue weighted by molar-refractivity contribution is 5.76. The number of carbonyl (C=O) groups excluding carboxylic acids is 1. The number of aliphatic hydroxyl groups is 1. The molecule has 1 aromatic carbocycles. The van der Waals surface area contributed by atoms with Crippen LogP contribution >= 0.6 is 0 Å². The minimum absolute atomic E-state index is 0.155. The molecule has 1 heterocycles. The van der Waals surface area contributed by atoms with Crippen LogP contribution in [0, 0.1) is 5.92 Å². The molecule has 2 N–H and O–H groups in total. The number of piperidine rings is 1. The van der Waals surface area contributed by atoms with Crippen LogP contribution in [0.15, 0.2) is 30.3 Å². The molecule has 1 saturated heterocycles. The van der Waals surface area contributed by atoms with Crippen molar-refractivity contribution in [1.29, 1.82) is 0 Å². The zero-order chi connectivity index (χ0) is 15.2. The van der Waals surface area contributed by atoms with Gasteiger partial charge >= 0.3 is 0 Å². The molecule has 0 saturated carbocycles. The van der Waals surface area contributed by atoms with Crippen molar-refractivity contribution in [3.63, 3.8) is 0 Å². The average Bonchev–Trinajstić information content (AvgIpc) is 2.52. The largest absolute Gasteiger partial charge is 0.393 e. The first-order chi connectivity index (χ1) is 10.1. The molecule has 1 aromatic rings. The third kappa shape index (κ3) is 4.55. The van der Waals surface area contributed by atoms with Gasteiger partial charge in [0.05, 0.1) is 6.10 Å². The normalized spacial score (nSPS) is 23.9. The van der Waals surface area contributed by atoms with Gasteiger partial charge in [-0.3, -0.25) is 4.79 Å². The second-order valence-corrected chi connectivity index (χ2v) is 5.95. The van der Waals surface area contributed by atoms with Crippen LogP contribution in [0.25, 0.3) is 0 Å². The summed E-state index contributed by atoms with van der Waals surface area (Å²) in [6.07, 6.45) is 1.06. The Balaban J connectivity index is 1.95. The van der Waals surface area contributed by atoms with Gasteiger partial charge in [-0.1, -0.05) is 37.3 Å². The van der Waals surface area contributed by atoms with Gasteiger partial charge in [-0.05, 0) is 18.9 Å². The van der Waals surface area contributed by atoms with Gasteiger partial charge in [0.25, 0.3) is 0 Å². The van der Waals surface area contributed by atoms with E-state index in [1.54, 1.807) is 0 Å². The van der Waals surface area contributed by atoms with Crippen LogP contribution in [-0.2, 0) is 11.3 Å². The monoisotopic (exact) mass is 290 g/mol. The Morgan fingerprint density at radius 3 is 2.71 bits per heavy atom. The van der Waals surface area contributed by atoms with E-state index in [-0.39, 0.29) is 24.0 Å². The van der Waals surface area contributed by atoms with Crippen molar-refractivity contribution in [1.82, 2.24) is 10.2 Å². The lowest BCUT2D eigenvalue weighted by Crippen LogP contribution is -2.52. The van der Waals surface area contributed by atoms with Crippen LogP contribution in [0.3, 0.4) is 0 Å². The highest BCUT2D eigenvalue weighted by Crippen LogP contribution is 2.21. The van der Waals surface area contributed by atoms with E-state index in [0.29, 0.717) is 13.0 Å². The molecule has 0 bridgehead atoms. The first-order valence-corrected chi connectivity index (χ1v) is 7.83. The lowest BCUT2D eigenvalue weighted by Gasteiger charge is -2.39. The molecule has 2 rings (SSSR count). The number of rotatable bonds is 5. The Morgan fingerprint density at radius 1 is 1.38 bits per heavy atom. The van der Waals surface area contributed by atoms with Gasteiger partial charge in [0.1, 0.15) is 0 Å². The molecule has 4 nitrogen and oxygen atoms in total. The summed E-state index contributed by atoms with van der Waals surface area (Å²) in [6.45, 7) is 5.92. The predicted molar refractivity (Wildman–Crippen MR) is 83.7 cm³/mol. The molecular weight excluding hydrogens is 264 g/mol. The zero-order valence-corrected chi connectivity index (χ0v) is 13.0. The molecule has 0 aliphatic carbocycles. The molecule has 1 aliphatic rings. The SMILES string of the molecule is CCC(=O)N1CC(NCc2ccccc2)CC(C(C)O)C1. The van der Waals surface area contributed by atoms with Crippen molar-refractivity contribution < 1.29 is 9.90 Å². The summed E-state index contributed by atoms with van der Waals surface area (Å²) in [5.41, 5.74) is 1.24. The van der Waals surface area contributed by atoms with Gasteiger partial charge in [-0.25, -0.2) is 0 Å². The van der Waals surface area contributed by atoms with E-state index in [0.717, 1.165) is 19.5 Å². The first-order valence-electron chi connectivity index (χ1n) is 7.83. The second kappa shape index (κ2) is 7.57. The minimum atomic E-state index is -0.376. The third-order valence-electron chi connectivity index (χ3n) is 4.26. The number of benzene rings is 1. The van der Waals surface area contributed by atoms with Crippen LogP contribution < -0.4 is 5.32 Å². The number of aliphatic hydroxyl groups excluding tert-OH is 1. The van der Waals surface area contributed by atoms with Crippen LogP contribution in [0.2, 0.25) is 0 Å². The van der Waals surface area contributed by atoms with Crippen molar-refractivity contribution in [3.05, 3.63) is 35.9 Å². The minimum Gasteiger partial charge on any atom is -0.393 e. The molecule has 116 valence electrons. The van der Waals surface area contributed by atoms with E-state index in [1.807, 2.05) is 36.9 Å². The zero-order valence-electron chi connectivity index (χ0n) is 13.0. The number of amides is 1. The highest BCUT2D eigenvalue weighted by Gasteiger charge is 2.31. The Morgan fingerprint density at radius 2 is 2.10 bits per heavy atom. The standard InChI is InChI=1S/C17H26N2O2/c1-3-17(21)19-11-15(13(2)20)9-16(12-19)18-10-14-7-5-4-6-8-14/h4-8,13,15-16,18,20H,3,9-12H2,1-2H3. The topological polar surface area (TPSA) is 52.6 Å². The quantitative estimate of drug-likeness (QED) is 0.869. The second-order valence-electron chi connectivity index (χ2n) is 5.95. The molecule has 3 atom stereocenters. The van der Waals surface area contributed by atoms with E-state index in [4.69, 9.17) is 0 Å². The van der Waals surface area contributed by atoms with Gasteiger partial charge < -0.3 is 15.3 Å². The van der Waals surface area contributed by atoms with Gasteiger partial charge in [0, 0.05) is 38.0 Å². The summed E-state index contributed by atoms with van der Waals surface area (Å²) in [5.74, 6) is 0.328. The summed E-state index contributed by atoms with van der Waals surface area (Å²) in [7, 11) is 0. The molecule has 21 heavy (non-hydrogen) atoms. The van der Waals surface area contributed by atoms with Crippen LogP contribution in [0.4, 0.5) is 0 Å². The van der Waals surface area contributed by atoms with Crippen molar-refractivity contribution in [2.24, 2.45) is 5.92 Å². The van der Waals surface area contributed by atoms with Gasteiger partial charge in [0.2, 0.25) is 5.91 Å². The highest BCUT2D eigenvalue weighted by atomic mass is 16.3. The van der Waals surface area contributed by atoms with Crippen molar-refractivity contribution in [2.45, 2.75) is 45.4 Å². The fourth-order valence-electron chi connectivity index (χ4n) is 2.92. The first kappa shape index (κ1) is 16.0. The van der Waals surface area contributed by atoms with Crippen LogP contribution in [-0.4, -0.2) is 41.1 Å². The molecular formula is C17H26N2O2. The number of likely N-dealkylation sites (tertiary alicyclic amines) is 1. The Bertz CT molecular complexity index is 447. The lowest BCUT2D eigenvalue weighted by atomic mass is 9.90. The van der Waals surface area contributed by atoms with E-state index < -0.39 is 0 Å². The maximum Gasteiger partial charge on any atom is 0.222 e. The molecule has 1 fully saturated rings. The van der Waals surface area contributed by atoms with Gasteiger partial charge in [-0.15, -0.1) is 0 Å². The molecule has 0 radical (unpaired) electrons. The number of nitrogens with zero attached hydrogens (tertiary/aromatic N) is 1.